The zero-order chi connectivity index (χ0) is 15.6. The Kier molecular flexibility index (Phi) is 3.97. The van der Waals surface area contributed by atoms with Crippen LogP contribution in [0.3, 0.4) is 0 Å². The summed E-state index contributed by atoms with van der Waals surface area (Å²) in [6.45, 7) is 3.69. The van der Waals surface area contributed by atoms with Gasteiger partial charge >= 0.3 is 5.97 Å². The van der Waals surface area contributed by atoms with Crippen LogP contribution in [-0.4, -0.2) is 32.0 Å². The molecule has 1 heterocycles. The summed E-state index contributed by atoms with van der Waals surface area (Å²) in [4.78, 5) is 24.1. The molecule has 0 aliphatic rings. The largest absolute Gasteiger partial charge is 0.478 e. The third-order valence-electron chi connectivity index (χ3n) is 2.66. The second-order valence-electron chi connectivity index (χ2n) is 4.60. The zero-order valence-corrected chi connectivity index (χ0v) is 11.4. The number of nitrogens with zero attached hydrogens (tertiary/aromatic N) is 3. The van der Waals surface area contributed by atoms with Gasteiger partial charge in [-0.1, -0.05) is 0 Å². The molecule has 110 valence electrons. The van der Waals surface area contributed by atoms with E-state index in [1.54, 1.807) is 0 Å². The van der Waals surface area contributed by atoms with Crippen LogP contribution in [0.25, 0.3) is 0 Å². The van der Waals surface area contributed by atoms with E-state index in [1.165, 1.54) is 11.0 Å². The predicted octanol–water partition coefficient (Wildman–Crippen LogP) is 1.95. The van der Waals surface area contributed by atoms with Gasteiger partial charge in [-0.3, -0.25) is 4.79 Å². The number of aromatic nitrogens is 3. The lowest BCUT2D eigenvalue weighted by Gasteiger charge is -2.06. The maximum atomic E-state index is 13.6. The van der Waals surface area contributed by atoms with Crippen molar-refractivity contribution >= 4 is 17.6 Å². The van der Waals surface area contributed by atoms with Crippen LogP contribution in [0.15, 0.2) is 24.4 Å². The molecule has 0 aliphatic carbocycles. The van der Waals surface area contributed by atoms with Gasteiger partial charge < -0.3 is 10.4 Å². The summed E-state index contributed by atoms with van der Waals surface area (Å²) in [6, 6.07) is 3.12. The predicted molar refractivity (Wildman–Crippen MR) is 71.7 cm³/mol. The molecule has 8 heteroatoms. The molecular weight excluding hydrogens is 279 g/mol. The van der Waals surface area contributed by atoms with Crippen molar-refractivity contribution in [3.63, 3.8) is 0 Å². The van der Waals surface area contributed by atoms with Crippen LogP contribution in [0, 0.1) is 5.82 Å². The van der Waals surface area contributed by atoms with Gasteiger partial charge in [-0.2, -0.15) is 9.90 Å². The quantitative estimate of drug-likeness (QED) is 0.897. The summed E-state index contributed by atoms with van der Waals surface area (Å²) < 4.78 is 13.6. The molecular formula is C13H13FN4O3. The van der Waals surface area contributed by atoms with Gasteiger partial charge in [0, 0.05) is 0 Å². The number of anilines is 1. The molecule has 7 nitrogen and oxygen atoms in total. The summed E-state index contributed by atoms with van der Waals surface area (Å²) in [5.41, 5.74) is -0.333. The Morgan fingerprint density at radius 3 is 2.67 bits per heavy atom. The fraction of sp³-hybridized carbons (Fsp3) is 0.231. The molecule has 0 unspecified atom stereocenters. The van der Waals surface area contributed by atoms with E-state index in [1.807, 2.05) is 13.8 Å². The Morgan fingerprint density at radius 2 is 2.10 bits per heavy atom. The lowest BCUT2D eigenvalue weighted by atomic mass is 10.2. The van der Waals surface area contributed by atoms with E-state index in [2.05, 4.69) is 15.5 Å². The second-order valence-corrected chi connectivity index (χ2v) is 4.60. The monoisotopic (exact) mass is 292 g/mol. The Labute approximate surface area is 119 Å². The number of benzene rings is 1. The van der Waals surface area contributed by atoms with Gasteiger partial charge in [-0.25, -0.2) is 9.18 Å². The Hall–Kier alpha value is -2.77. The fourth-order valence-corrected chi connectivity index (χ4v) is 1.57. The first-order valence-corrected chi connectivity index (χ1v) is 6.14. The first kappa shape index (κ1) is 14.6. The normalized spacial score (nSPS) is 10.7. The highest BCUT2D eigenvalue weighted by atomic mass is 19.1. The van der Waals surface area contributed by atoms with Crippen molar-refractivity contribution < 1.29 is 19.1 Å². The van der Waals surface area contributed by atoms with Gasteiger partial charge in [0.05, 0.1) is 23.5 Å². The molecule has 0 saturated carbocycles. The SMILES string of the molecule is CC(C)n1ncc(C(=O)Nc2cc(C(=O)O)ccc2F)n1. The molecule has 0 saturated heterocycles. The number of nitrogens with one attached hydrogen (secondary N) is 1. The molecule has 21 heavy (non-hydrogen) atoms. The summed E-state index contributed by atoms with van der Waals surface area (Å²) in [5, 5.41) is 19.0. The highest BCUT2D eigenvalue weighted by molar-refractivity contribution is 6.03. The number of hydrogen-bond donors (Lipinski definition) is 2. The van der Waals surface area contributed by atoms with Crippen LogP contribution < -0.4 is 5.32 Å². The lowest BCUT2D eigenvalue weighted by molar-refractivity contribution is 0.0696. The Balaban J connectivity index is 2.22. The third kappa shape index (κ3) is 3.22. The van der Waals surface area contributed by atoms with E-state index in [0.29, 0.717) is 0 Å². The van der Waals surface area contributed by atoms with Crippen LogP contribution >= 0.6 is 0 Å². The lowest BCUT2D eigenvalue weighted by Crippen LogP contribution is -2.15. The minimum Gasteiger partial charge on any atom is -0.478 e. The van der Waals surface area contributed by atoms with Crippen molar-refractivity contribution in [1.29, 1.82) is 0 Å². The van der Waals surface area contributed by atoms with Crippen molar-refractivity contribution in [2.75, 3.05) is 5.32 Å². The topological polar surface area (TPSA) is 97.1 Å². The molecule has 2 N–H and O–H groups in total. The van der Waals surface area contributed by atoms with Crippen molar-refractivity contribution in [1.82, 2.24) is 15.0 Å². The van der Waals surface area contributed by atoms with Crippen molar-refractivity contribution in [3.8, 4) is 0 Å². The minimum absolute atomic E-state index is 0.0152. The number of aromatic carboxylic acids is 1. The Morgan fingerprint density at radius 1 is 1.38 bits per heavy atom. The molecule has 1 aromatic carbocycles. The van der Waals surface area contributed by atoms with Crippen LogP contribution in [0.4, 0.5) is 10.1 Å². The van der Waals surface area contributed by atoms with Gasteiger partial charge in [-0.05, 0) is 32.0 Å². The van der Waals surface area contributed by atoms with Gasteiger partial charge in [0.2, 0.25) is 0 Å². The summed E-state index contributed by atoms with van der Waals surface area (Å²) in [6.07, 6.45) is 1.26. The molecule has 0 bridgehead atoms. The van der Waals surface area contributed by atoms with Gasteiger partial charge in [0.1, 0.15) is 5.82 Å². The maximum absolute atomic E-state index is 13.6. The number of carboxylic acid groups (broad SMARTS) is 1. The zero-order valence-electron chi connectivity index (χ0n) is 11.4. The van der Waals surface area contributed by atoms with E-state index in [-0.39, 0.29) is 23.0 Å². The van der Waals surface area contributed by atoms with Crippen molar-refractivity contribution in [3.05, 3.63) is 41.5 Å². The highest BCUT2D eigenvalue weighted by Gasteiger charge is 2.15. The van der Waals surface area contributed by atoms with Crippen LogP contribution in [-0.2, 0) is 0 Å². The summed E-state index contributed by atoms with van der Waals surface area (Å²) in [5.74, 6) is -2.61. The molecule has 1 aromatic heterocycles. The smallest absolute Gasteiger partial charge is 0.335 e. The molecule has 0 radical (unpaired) electrons. The summed E-state index contributed by atoms with van der Waals surface area (Å²) >= 11 is 0. The summed E-state index contributed by atoms with van der Waals surface area (Å²) in [7, 11) is 0. The van der Waals surface area contributed by atoms with Crippen molar-refractivity contribution in [2.24, 2.45) is 0 Å². The first-order chi connectivity index (χ1) is 9.88. The van der Waals surface area contributed by atoms with E-state index in [0.717, 1.165) is 18.2 Å². The second kappa shape index (κ2) is 5.70. The average Bonchev–Trinajstić information content (AvgIpc) is 2.90. The standard InChI is InChI=1S/C13H13FN4O3/c1-7(2)18-15-6-11(17-18)12(19)16-10-5-8(13(20)21)3-4-9(10)14/h3-7H,1-2H3,(H,16,19)(H,20,21). The van der Waals surface area contributed by atoms with Gasteiger partial charge in [0.25, 0.3) is 5.91 Å². The molecule has 0 aliphatic heterocycles. The number of carbonyl (C=O) groups excluding carboxylic acids is 1. The molecule has 2 aromatic rings. The number of hydrogen-bond acceptors (Lipinski definition) is 4. The van der Waals surface area contributed by atoms with Crippen LogP contribution in [0.1, 0.15) is 40.7 Å². The van der Waals surface area contributed by atoms with Crippen molar-refractivity contribution in [2.45, 2.75) is 19.9 Å². The average molecular weight is 292 g/mol. The number of carboxylic acids is 1. The number of rotatable bonds is 4. The van der Waals surface area contributed by atoms with Gasteiger partial charge in [0.15, 0.2) is 5.69 Å². The Bertz CT molecular complexity index is 696. The number of amides is 1. The molecule has 0 atom stereocenters. The van der Waals surface area contributed by atoms with E-state index < -0.39 is 17.7 Å². The van der Waals surface area contributed by atoms with Crippen LogP contribution in [0.2, 0.25) is 0 Å². The molecule has 2 rings (SSSR count). The van der Waals surface area contributed by atoms with E-state index in [4.69, 9.17) is 5.11 Å². The fourth-order valence-electron chi connectivity index (χ4n) is 1.57. The molecule has 0 spiro atoms. The number of halogens is 1. The van der Waals surface area contributed by atoms with Crippen LogP contribution in [0.5, 0.6) is 0 Å². The highest BCUT2D eigenvalue weighted by Crippen LogP contribution is 2.17. The number of carbonyl (C=O) groups is 2. The van der Waals surface area contributed by atoms with E-state index >= 15 is 0 Å². The molecule has 1 amide bonds. The molecule has 0 fully saturated rings. The first-order valence-electron chi connectivity index (χ1n) is 6.14. The van der Waals surface area contributed by atoms with E-state index in [9.17, 15) is 14.0 Å². The maximum Gasteiger partial charge on any atom is 0.335 e. The third-order valence-corrected chi connectivity index (χ3v) is 2.66. The minimum atomic E-state index is -1.21. The van der Waals surface area contributed by atoms with Gasteiger partial charge in [-0.15, -0.1) is 5.10 Å².